The Bertz CT molecular complexity index is 535. The molecular formula is C21H35N3. The van der Waals surface area contributed by atoms with Crippen molar-refractivity contribution in [2.75, 3.05) is 5.32 Å². The quantitative estimate of drug-likeness (QED) is 0.369. The Morgan fingerprint density at radius 1 is 1.29 bits per heavy atom. The molecule has 0 saturated carbocycles. The predicted octanol–water partition coefficient (Wildman–Crippen LogP) is 6.72. The van der Waals surface area contributed by atoms with Crippen LogP contribution in [0, 0.1) is 5.92 Å². The van der Waals surface area contributed by atoms with Crippen molar-refractivity contribution in [2.45, 2.75) is 60.3 Å². The third kappa shape index (κ3) is 8.00. The van der Waals surface area contributed by atoms with Crippen LogP contribution in [0.15, 0.2) is 49.4 Å². The zero-order valence-electron chi connectivity index (χ0n) is 16.2. The Morgan fingerprint density at radius 3 is 2.62 bits per heavy atom. The number of hydrogen-bond donors (Lipinski definition) is 2. The number of H-pyrrole nitrogens is 1. The molecule has 1 unspecified atom stereocenters. The van der Waals surface area contributed by atoms with E-state index in [2.05, 4.69) is 42.5 Å². The molecule has 1 heterocycles. The van der Waals surface area contributed by atoms with E-state index >= 15 is 0 Å². The topological polar surface area (TPSA) is 40.7 Å². The highest BCUT2D eigenvalue weighted by Crippen LogP contribution is 2.25. The molecule has 2 N–H and O–H groups in total. The second-order valence-corrected chi connectivity index (χ2v) is 5.62. The largest absolute Gasteiger partial charge is 0.356 e. The third-order valence-electron chi connectivity index (χ3n) is 3.69. The molecule has 24 heavy (non-hydrogen) atoms. The Hall–Kier alpha value is -2.03. The molecule has 0 aliphatic carbocycles. The Labute approximate surface area is 148 Å². The summed E-state index contributed by atoms with van der Waals surface area (Å²) in [6.45, 7) is 18.7. The maximum atomic E-state index is 4.17. The van der Waals surface area contributed by atoms with E-state index in [1.54, 1.807) is 6.20 Å². The fourth-order valence-electron chi connectivity index (χ4n) is 2.16. The van der Waals surface area contributed by atoms with Gasteiger partial charge in [-0.3, -0.25) is 5.10 Å². The Kier molecular flexibility index (Phi) is 12.3. The summed E-state index contributed by atoms with van der Waals surface area (Å²) < 4.78 is 0. The summed E-state index contributed by atoms with van der Waals surface area (Å²) in [4.78, 5) is 0. The molecule has 0 aliphatic rings. The minimum absolute atomic E-state index is 0.445. The standard InChI is InChI=1S/C19H29N3.C2H6/c1-6-8-10-12-15(3)17(5)21-18-14-20-22-19(18)16(4)13-11-9-7-2;1-2/h7,9,11,13-15,21H,4-6,8,10,12H2,1-3H3,(H,20,22);1-2H3/b9-7-,13-11-;. The average molecular weight is 330 g/mol. The summed E-state index contributed by atoms with van der Waals surface area (Å²) in [6.07, 6.45) is 14.6. The van der Waals surface area contributed by atoms with Crippen LogP contribution in [0.25, 0.3) is 5.57 Å². The van der Waals surface area contributed by atoms with Crippen LogP contribution in [0.5, 0.6) is 0 Å². The number of nitrogens with zero attached hydrogens (tertiary/aromatic N) is 1. The first-order valence-corrected chi connectivity index (χ1v) is 9.07. The monoisotopic (exact) mass is 329 g/mol. The van der Waals surface area contributed by atoms with E-state index in [0.29, 0.717) is 5.92 Å². The summed E-state index contributed by atoms with van der Waals surface area (Å²) in [5.74, 6) is 0.445. The molecule has 0 aromatic carbocycles. The summed E-state index contributed by atoms with van der Waals surface area (Å²) in [5, 5.41) is 10.5. The number of allylic oxidation sites excluding steroid dienone is 6. The zero-order chi connectivity index (χ0) is 18.4. The molecule has 1 aromatic rings. The van der Waals surface area contributed by atoms with Gasteiger partial charge in [0.1, 0.15) is 0 Å². The van der Waals surface area contributed by atoms with Crippen molar-refractivity contribution >= 4 is 11.3 Å². The van der Waals surface area contributed by atoms with E-state index in [-0.39, 0.29) is 0 Å². The first-order chi connectivity index (χ1) is 11.6. The number of nitrogens with one attached hydrogen (secondary N) is 2. The minimum atomic E-state index is 0.445. The molecule has 0 saturated heterocycles. The summed E-state index contributed by atoms with van der Waals surface area (Å²) >= 11 is 0. The van der Waals surface area contributed by atoms with Gasteiger partial charge in [-0.15, -0.1) is 0 Å². The maximum absolute atomic E-state index is 4.17. The highest BCUT2D eigenvalue weighted by Gasteiger charge is 2.11. The number of rotatable bonds is 10. The van der Waals surface area contributed by atoms with Crippen molar-refractivity contribution in [1.82, 2.24) is 10.2 Å². The predicted molar refractivity (Wildman–Crippen MR) is 109 cm³/mol. The van der Waals surface area contributed by atoms with E-state index in [0.717, 1.165) is 29.1 Å². The first-order valence-electron chi connectivity index (χ1n) is 9.07. The van der Waals surface area contributed by atoms with E-state index in [1.807, 2.05) is 45.1 Å². The molecule has 0 spiro atoms. The van der Waals surface area contributed by atoms with Crippen LogP contribution in [0.4, 0.5) is 5.69 Å². The van der Waals surface area contributed by atoms with Gasteiger partial charge in [-0.2, -0.15) is 5.10 Å². The van der Waals surface area contributed by atoms with Gasteiger partial charge in [-0.05, 0) is 24.8 Å². The normalized spacial score (nSPS) is 12.0. The fraction of sp³-hybridized carbons (Fsp3) is 0.476. The summed E-state index contributed by atoms with van der Waals surface area (Å²) in [6, 6.07) is 0. The van der Waals surface area contributed by atoms with Crippen molar-refractivity contribution < 1.29 is 0 Å². The molecule has 0 fully saturated rings. The molecule has 1 atom stereocenters. The number of anilines is 1. The number of aromatic amines is 1. The van der Waals surface area contributed by atoms with Gasteiger partial charge >= 0.3 is 0 Å². The smallest absolute Gasteiger partial charge is 0.0879 e. The lowest BCUT2D eigenvalue weighted by molar-refractivity contribution is 0.557. The van der Waals surface area contributed by atoms with E-state index < -0.39 is 0 Å². The second kappa shape index (κ2) is 13.4. The molecule has 3 heteroatoms. The van der Waals surface area contributed by atoms with Crippen molar-refractivity contribution in [3.63, 3.8) is 0 Å². The highest BCUT2D eigenvalue weighted by atomic mass is 15.1. The van der Waals surface area contributed by atoms with E-state index in [9.17, 15) is 0 Å². The van der Waals surface area contributed by atoms with Crippen molar-refractivity contribution in [3.05, 3.63) is 55.0 Å². The van der Waals surface area contributed by atoms with Crippen molar-refractivity contribution in [2.24, 2.45) is 5.92 Å². The van der Waals surface area contributed by atoms with Gasteiger partial charge in [0, 0.05) is 5.70 Å². The van der Waals surface area contributed by atoms with Gasteiger partial charge in [0.25, 0.3) is 0 Å². The number of unbranched alkanes of at least 4 members (excludes halogenated alkanes) is 2. The van der Waals surface area contributed by atoms with E-state index in [1.165, 1.54) is 19.3 Å². The zero-order valence-corrected chi connectivity index (χ0v) is 16.2. The lowest BCUT2D eigenvalue weighted by atomic mass is 10.0. The molecular weight excluding hydrogens is 294 g/mol. The number of aromatic nitrogens is 2. The van der Waals surface area contributed by atoms with Crippen LogP contribution in [-0.4, -0.2) is 10.2 Å². The molecule has 3 nitrogen and oxygen atoms in total. The lowest BCUT2D eigenvalue weighted by Crippen LogP contribution is -2.08. The van der Waals surface area contributed by atoms with Crippen molar-refractivity contribution in [1.29, 1.82) is 0 Å². The van der Waals surface area contributed by atoms with Gasteiger partial charge in [0.15, 0.2) is 0 Å². The SMILES string of the molecule is C=C(/C=C\C=C/C)c1[nH]ncc1NC(=C)C(C)CCCCC.CC. The van der Waals surface area contributed by atoms with Gasteiger partial charge < -0.3 is 5.32 Å². The van der Waals surface area contributed by atoms with Gasteiger partial charge in [0.05, 0.1) is 17.6 Å². The fourth-order valence-corrected chi connectivity index (χ4v) is 2.16. The lowest BCUT2D eigenvalue weighted by Gasteiger charge is -2.16. The first kappa shape index (κ1) is 22.0. The van der Waals surface area contributed by atoms with Crippen molar-refractivity contribution in [3.8, 4) is 0 Å². The highest BCUT2D eigenvalue weighted by molar-refractivity contribution is 5.78. The molecule has 1 rings (SSSR count). The maximum Gasteiger partial charge on any atom is 0.0879 e. The summed E-state index contributed by atoms with van der Waals surface area (Å²) in [7, 11) is 0. The Morgan fingerprint density at radius 2 is 2.00 bits per heavy atom. The molecule has 1 aromatic heterocycles. The van der Waals surface area contributed by atoms with Gasteiger partial charge in [-0.1, -0.05) is 84.4 Å². The third-order valence-corrected chi connectivity index (χ3v) is 3.69. The van der Waals surface area contributed by atoms with Gasteiger partial charge in [-0.25, -0.2) is 0 Å². The minimum Gasteiger partial charge on any atom is -0.356 e. The summed E-state index contributed by atoms with van der Waals surface area (Å²) in [5.41, 5.74) is 3.76. The van der Waals surface area contributed by atoms with Crippen LogP contribution in [0.1, 0.15) is 66.0 Å². The molecule has 0 amide bonds. The van der Waals surface area contributed by atoms with Crippen LogP contribution in [-0.2, 0) is 0 Å². The van der Waals surface area contributed by atoms with Gasteiger partial charge in [0.2, 0.25) is 0 Å². The van der Waals surface area contributed by atoms with Crippen LogP contribution in [0.2, 0.25) is 0 Å². The molecule has 0 aliphatic heterocycles. The number of hydrogen-bond acceptors (Lipinski definition) is 2. The van der Waals surface area contributed by atoms with Crippen LogP contribution in [0.3, 0.4) is 0 Å². The Balaban J connectivity index is 0.00000254. The second-order valence-electron chi connectivity index (χ2n) is 5.62. The molecule has 0 radical (unpaired) electrons. The van der Waals surface area contributed by atoms with Crippen LogP contribution < -0.4 is 5.32 Å². The molecule has 0 bridgehead atoms. The van der Waals surface area contributed by atoms with E-state index in [4.69, 9.17) is 0 Å². The average Bonchev–Trinajstić information content (AvgIpc) is 3.05. The van der Waals surface area contributed by atoms with Crippen LogP contribution >= 0.6 is 0 Å². The molecule has 134 valence electrons.